The van der Waals surface area contributed by atoms with Crippen molar-refractivity contribution in [1.29, 1.82) is 0 Å². The molecule has 2 aliphatic rings. The summed E-state index contributed by atoms with van der Waals surface area (Å²) in [5.41, 5.74) is 1.00. The van der Waals surface area contributed by atoms with E-state index in [0.717, 1.165) is 6.08 Å². The molecule has 8 nitrogen and oxygen atoms in total. The molecule has 0 saturated heterocycles. The molecule has 0 aliphatic carbocycles. The minimum absolute atomic E-state index is 0.0397. The molecule has 0 bridgehead atoms. The first-order valence-electron chi connectivity index (χ1n) is 8.03. The van der Waals surface area contributed by atoms with Gasteiger partial charge in [0.05, 0.1) is 22.3 Å². The minimum Gasteiger partial charge on any atom is -0.449 e. The molecular formula is C20H10O8. The topological polar surface area (TPSA) is 113 Å². The second-order valence-electron chi connectivity index (χ2n) is 5.99. The minimum atomic E-state index is -1.03. The van der Waals surface area contributed by atoms with Crippen molar-refractivity contribution in [3.8, 4) is 0 Å². The summed E-state index contributed by atoms with van der Waals surface area (Å²) in [5, 5.41) is 0. The van der Waals surface area contributed by atoms with E-state index in [-0.39, 0.29) is 22.3 Å². The van der Waals surface area contributed by atoms with E-state index in [2.05, 4.69) is 16.1 Å². The number of cyclic esters (lactones) is 4. The van der Waals surface area contributed by atoms with Crippen molar-refractivity contribution in [2.24, 2.45) is 0 Å². The number of hydrogen-bond donors (Lipinski definition) is 0. The molecule has 0 N–H and O–H groups in total. The molecule has 2 aromatic rings. The maximum absolute atomic E-state index is 11.8. The summed E-state index contributed by atoms with van der Waals surface area (Å²) in [6, 6.07) is 8.52. The van der Waals surface area contributed by atoms with E-state index in [1.807, 2.05) is 0 Å². The van der Waals surface area contributed by atoms with Crippen LogP contribution in [0.2, 0.25) is 0 Å². The lowest BCUT2D eigenvalue weighted by molar-refractivity contribution is -0.141. The lowest BCUT2D eigenvalue weighted by atomic mass is 9.95. The fraction of sp³-hybridized carbons (Fsp3) is 0.0500. The molecular weight excluding hydrogens is 368 g/mol. The Bertz CT molecular complexity index is 1030. The molecule has 0 amide bonds. The van der Waals surface area contributed by atoms with Crippen molar-refractivity contribution in [2.45, 2.75) is 6.10 Å². The number of benzene rings is 2. The van der Waals surface area contributed by atoms with Gasteiger partial charge in [-0.05, 0) is 35.4 Å². The molecule has 0 unspecified atom stereocenters. The summed E-state index contributed by atoms with van der Waals surface area (Å²) in [6.45, 7) is 3.35. The fourth-order valence-electron chi connectivity index (χ4n) is 3.02. The number of esters is 5. The Labute approximate surface area is 157 Å². The van der Waals surface area contributed by atoms with Gasteiger partial charge in [-0.2, -0.15) is 0 Å². The quantitative estimate of drug-likeness (QED) is 0.344. The first kappa shape index (κ1) is 17.3. The van der Waals surface area contributed by atoms with Gasteiger partial charge in [0.15, 0.2) is 6.10 Å². The highest BCUT2D eigenvalue weighted by Crippen LogP contribution is 2.33. The van der Waals surface area contributed by atoms with Gasteiger partial charge in [-0.1, -0.05) is 18.7 Å². The Hall–Kier alpha value is -4.07. The van der Waals surface area contributed by atoms with Crippen molar-refractivity contribution in [3.63, 3.8) is 0 Å². The van der Waals surface area contributed by atoms with E-state index in [4.69, 9.17) is 4.74 Å². The van der Waals surface area contributed by atoms with Gasteiger partial charge in [0.2, 0.25) is 0 Å². The predicted molar refractivity (Wildman–Crippen MR) is 90.5 cm³/mol. The first-order chi connectivity index (χ1) is 13.4. The summed E-state index contributed by atoms with van der Waals surface area (Å²) in [4.78, 5) is 58.7. The number of hydrogen-bond acceptors (Lipinski definition) is 8. The molecule has 0 radical (unpaired) electrons. The zero-order valence-corrected chi connectivity index (χ0v) is 14.1. The smallest absolute Gasteiger partial charge is 0.346 e. The summed E-state index contributed by atoms with van der Waals surface area (Å²) in [5.74, 6) is -3.88. The maximum Gasteiger partial charge on any atom is 0.346 e. The zero-order valence-electron chi connectivity index (χ0n) is 14.1. The molecule has 2 heterocycles. The molecule has 0 aromatic heterocycles. The Kier molecular flexibility index (Phi) is 3.89. The summed E-state index contributed by atoms with van der Waals surface area (Å²) < 4.78 is 14.5. The molecule has 138 valence electrons. The van der Waals surface area contributed by atoms with Gasteiger partial charge in [-0.25, -0.2) is 24.0 Å². The first-order valence-corrected chi connectivity index (χ1v) is 8.03. The van der Waals surface area contributed by atoms with Crippen LogP contribution < -0.4 is 0 Å². The van der Waals surface area contributed by atoms with Crippen LogP contribution in [0.25, 0.3) is 0 Å². The van der Waals surface area contributed by atoms with E-state index in [0.29, 0.717) is 11.1 Å². The van der Waals surface area contributed by atoms with Crippen LogP contribution >= 0.6 is 0 Å². The average Bonchev–Trinajstić information content (AvgIpc) is 3.14. The molecule has 28 heavy (non-hydrogen) atoms. The average molecular weight is 378 g/mol. The highest BCUT2D eigenvalue weighted by Gasteiger charge is 2.33. The molecule has 0 fully saturated rings. The van der Waals surface area contributed by atoms with Crippen molar-refractivity contribution >= 4 is 29.8 Å². The van der Waals surface area contributed by atoms with Gasteiger partial charge in [-0.15, -0.1) is 0 Å². The highest BCUT2D eigenvalue weighted by molar-refractivity contribution is 6.15. The normalized spacial score (nSPS) is 14.5. The Morgan fingerprint density at radius 2 is 1.21 bits per heavy atom. The SMILES string of the molecule is C=CC(=O)OC(c1ccc2c(c1)C(=O)OC2=O)c1ccc2c(c1)C(=O)OC2=O. The lowest BCUT2D eigenvalue weighted by Gasteiger charge is -2.19. The third kappa shape index (κ3) is 2.67. The number of carbonyl (C=O) groups excluding carboxylic acids is 5. The molecule has 2 aliphatic heterocycles. The third-order valence-electron chi connectivity index (χ3n) is 4.34. The van der Waals surface area contributed by atoms with Gasteiger partial charge < -0.3 is 14.2 Å². The van der Waals surface area contributed by atoms with Gasteiger partial charge in [0, 0.05) is 6.08 Å². The number of carbonyl (C=O) groups is 5. The van der Waals surface area contributed by atoms with Crippen LogP contribution in [0.3, 0.4) is 0 Å². The van der Waals surface area contributed by atoms with E-state index in [1.54, 1.807) is 0 Å². The van der Waals surface area contributed by atoms with Gasteiger partial charge >= 0.3 is 29.8 Å². The summed E-state index contributed by atoms with van der Waals surface area (Å²) >= 11 is 0. The van der Waals surface area contributed by atoms with Crippen LogP contribution in [0.15, 0.2) is 49.1 Å². The summed E-state index contributed by atoms with van der Waals surface area (Å²) in [6.07, 6.45) is -0.0725. The second-order valence-corrected chi connectivity index (χ2v) is 5.99. The number of fused-ring (bicyclic) bond motifs is 2. The van der Waals surface area contributed by atoms with Gasteiger partial charge in [0.25, 0.3) is 0 Å². The predicted octanol–water partition coefficient (Wildman–Crippen LogP) is 2.13. The molecule has 0 spiro atoms. The fourth-order valence-corrected chi connectivity index (χ4v) is 3.02. The monoisotopic (exact) mass is 378 g/mol. The van der Waals surface area contributed by atoms with Crippen LogP contribution in [0.4, 0.5) is 0 Å². The van der Waals surface area contributed by atoms with Crippen LogP contribution in [0.5, 0.6) is 0 Å². The largest absolute Gasteiger partial charge is 0.449 e. The van der Waals surface area contributed by atoms with E-state index in [9.17, 15) is 24.0 Å². The standard InChI is InChI=1S/C20H10O8/c1-2-15(21)26-16(9-3-5-11-13(7-9)19(24)27-17(11)22)10-4-6-12-14(8-10)20(25)28-18(12)23/h2-8,16H,1H2. The van der Waals surface area contributed by atoms with Crippen LogP contribution in [-0.2, 0) is 19.0 Å². The molecule has 0 saturated carbocycles. The highest BCUT2D eigenvalue weighted by atomic mass is 16.6. The Balaban J connectivity index is 1.82. The summed E-state index contributed by atoms with van der Waals surface area (Å²) in [7, 11) is 0. The second kappa shape index (κ2) is 6.27. The number of rotatable bonds is 4. The van der Waals surface area contributed by atoms with E-state index in [1.165, 1.54) is 36.4 Å². The zero-order chi connectivity index (χ0) is 20.0. The van der Waals surface area contributed by atoms with Crippen molar-refractivity contribution in [2.75, 3.05) is 0 Å². The van der Waals surface area contributed by atoms with E-state index < -0.39 is 36.0 Å². The van der Waals surface area contributed by atoms with Crippen molar-refractivity contribution < 1.29 is 38.2 Å². The molecule has 0 atom stereocenters. The Morgan fingerprint density at radius 3 is 1.64 bits per heavy atom. The van der Waals surface area contributed by atoms with Crippen LogP contribution in [0.1, 0.15) is 58.7 Å². The lowest BCUT2D eigenvalue weighted by Crippen LogP contribution is -2.12. The van der Waals surface area contributed by atoms with Gasteiger partial charge in [-0.3, -0.25) is 0 Å². The molecule has 4 rings (SSSR count). The van der Waals surface area contributed by atoms with Crippen LogP contribution in [-0.4, -0.2) is 29.8 Å². The maximum atomic E-state index is 11.8. The molecule has 8 heteroatoms. The van der Waals surface area contributed by atoms with Crippen molar-refractivity contribution in [3.05, 3.63) is 82.4 Å². The van der Waals surface area contributed by atoms with Crippen LogP contribution in [0, 0.1) is 0 Å². The van der Waals surface area contributed by atoms with Crippen molar-refractivity contribution in [1.82, 2.24) is 0 Å². The molecule has 2 aromatic carbocycles. The Morgan fingerprint density at radius 1 is 0.786 bits per heavy atom. The van der Waals surface area contributed by atoms with Gasteiger partial charge in [0.1, 0.15) is 0 Å². The number of ether oxygens (including phenoxy) is 3. The third-order valence-corrected chi connectivity index (χ3v) is 4.34. The van der Waals surface area contributed by atoms with E-state index >= 15 is 0 Å².